The molecule has 6 heteroatoms. The lowest BCUT2D eigenvalue weighted by atomic mass is 10.2. The SMILES string of the molecule is CCN(CC)C(=O)CC(CN)NN1CCN(C)CC1. The Morgan fingerprint density at radius 1 is 1.26 bits per heavy atom. The van der Waals surface area contributed by atoms with Crippen LogP contribution in [0.1, 0.15) is 20.3 Å². The molecule has 0 aromatic rings. The van der Waals surface area contributed by atoms with E-state index < -0.39 is 0 Å². The van der Waals surface area contributed by atoms with E-state index in [0.717, 1.165) is 39.3 Å². The third-order valence-corrected chi connectivity index (χ3v) is 3.69. The van der Waals surface area contributed by atoms with Gasteiger partial charge in [-0.2, -0.15) is 0 Å². The van der Waals surface area contributed by atoms with Crippen molar-refractivity contribution in [3.63, 3.8) is 0 Å². The van der Waals surface area contributed by atoms with Gasteiger partial charge in [-0.15, -0.1) is 0 Å². The summed E-state index contributed by atoms with van der Waals surface area (Å²) >= 11 is 0. The Morgan fingerprint density at radius 3 is 2.32 bits per heavy atom. The molecule has 0 aromatic carbocycles. The van der Waals surface area contributed by atoms with Gasteiger partial charge < -0.3 is 15.5 Å². The van der Waals surface area contributed by atoms with E-state index in [-0.39, 0.29) is 11.9 Å². The van der Waals surface area contributed by atoms with Crippen molar-refractivity contribution >= 4 is 5.91 Å². The first kappa shape index (κ1) is 16.4. The predicted octanol–water partition coefficient (Wildman–Crippen LogP) is -0.676. The van der Waals surface area contributed by atoms with E-state index in [0.29, 0.717) is 13.0 Å². The first-order chi connectivity index (χ1) is 9.10. The van der Waals surface area contributed by atoms with Crippen molar-refractivity contribution in [1.29, 1.82) is 0 Å². The molecular weight excluding hydrogens is 242 g/mol. The Kier molecular flexibility index (Phi) is 7.30. The molecule has 1 fully saturated rings. The third-order valence-electron chi connectivity index (χ3n) is 3.69. The van der Waals surface area contributed by atoms with E-state index in [1.165, 1.54) is 0 Å². The molecule has 0 aromatic heterocycles. The summed E-state index contributed by atoms with van der Waals surface area (Å²) in [5.74, 6) is 0.182. The van der Waals surface area contributed by atoms with Crippen LogP contribution in [-0.2, 0) is 4.79 Å². The molecule has 0 spiro atoms. The maximum Gasteiger partial charge on any atom is 0.224 e. The molecule has 1 unspecified atom stereocenters. The molecule has 112 valence electrons. The first-order valence-corrected chi connectivity index (χ1v) is 7.28. The Hall–Kier alpha value is -0.690. The summed E-state index contributed by atoms with van der Waals surface area (Å²) in [6.45, 7) is 10.1. The van der Waals surface area contributed by atoms with E-state index >= 15 is 0 Å². The monoisotopic (exact) mass is 271 g/mol. The van der Waals surface area contributed by atoms with Crippen LogP contribution in [0.5, 0.6) is 0 Å². The molecule has 0 bridgehead atoms. The van der Waals surface area contributed by atoms with Crippen molar-refractivity contribution < 1.29 is 4.79 Å². The van der Waals surface area contributed by atoms with E-state index in [2.05, 4.69) is 22.4 Å². The number of carbonyl (C=O) groups is 1. The van der Waals surface area contributed by atoms with Crippen molar-refractivity contribution in [1.82, 2.24) is 20.2 Å². The van der Waals surface area contributed by atoms with Gasteiger partial charge in [0.1, 0.15) is 0 Å². The highest BCUT2D eigenvalue weighted by Crippen LogP contribution is 2.02. The average Bonchev–Trinajstić information content (AvgIpc) is 2.41. The van der Waals surface area contributed by atoms with E-state index in [9.17, 15) is 4.79 Å². The second kappa shape index (κ2) is 8.47. The van der Waals surface area contributed by atoms with Crippen LogP contribution in [0.4, 0.5) is 0 Å². The highest BCUT2D eigenvalue weighted by molar-refractivity contribution is 5.76. The number of hydrazine groups is 1. The van der Waals surface area contributed by atoms with Gasteiger partial charge in [-0.1, -0.05) is 0 Å². The van der Waals surface area contributed by atoms with Gasteiger partial charge in [-0.25, -0.2) is 5.01 Å². The van der Waals surface area contributed by atoms with Crippen LogP contribution < -0.4 is 11.2 Å². The lowest BCUT2D eigenvalue weighted by molar-refractivity contribution is -0.131. The van der Waals surface area contributed by atoms with Crippen LogP contribution in [0.2, 0.25) is 0 Å². The normalized spacial score (nSPS) is 19.4. The zero-order valence-electron chi connectivity index (χ0n) is 12.6. The molecule has 6 nitrogen and oxygen atoms in total. The van der Waals surface area contributed by atoms with Gasteiger partial charge in [0.25, 0.3) is 0 Å². The number of nitrogens with two attached hydrogens (primary N) is 1. The van der Waals surface area contributed by atoms with Crippen molar-refractivity contribution in [2.45, 2.75) is 26.3 Å². The van der Waals surface area contributed by atoms with Crippen molar-refractivity contribution in [2.24, 2.45) is 5.73 Å². The van der Waals surface area contributed by atoms with Crippen LogP contribution in [0.3, 0.4) is 0 Å². The lowest BCUT2D eigenvalue weighted by Crippen LogP contribution is -2.56. The number of hydrogen-bond acceptors (Lipinski definition) is 5. The largest absolute Gasteiger partial charge is 0.343 e. The van der Waals surface area contributed by atoms with Crippen LogP contribution >= 0.6 is 0 Å². The Labute approximate surface area is 116 Å². The summed E-state index contributed by atoms with van der Waals surface area (Å²) < 4.78 is 0. The summed E-state index contributed by atoms with van der Waals surface area (Å²) in [6, 6.07) is 0.0384. The molecular formula is C13H29N5O. The molecule has 0 saturated carbocycles. The van der Waals surface area contributed by atoms with Gasteiger partial charge in [-0.3, -0.25) is 10.2 Å². The molecule has 0 aliphatic carbocycles. The zero-order valence-corrected chi connectivity index (χ0v) is 12.6. The maximum absolute atomic E-state index is 12.1. The van der Waals surface area contributed by atoms with E-state index in [1.807, 2.05) is 18.7 Å². The summed E-state index contributed by atoms with van der Waals surface area (Å²) in [5, 5.41) is 2.19. The molecule has 1 aliphatic rings. The minimum absolute atomic E-state index is 0.0384. The Morgan fingerprint density at radius 2 is 1.84 bits per heavy atom. The van der Waals surface area contributed by atoms with Gasteiger partial charge in [0.05, 0.1) is 0 Å². The van der Waals surface area contributed by atoms with Crippen LogP contribution in [0.15, 0.2) is 0 Å². The van der Waals surface area contributed by atoms with Crippen LogP contribution in [0, 0.1) is 0 Å². The van der Waals surface area contributed by atoms with Gasteiger partial charge >= 0.3 is 0 Å². The number of piperazine rings is 1. The summed E-state index contributed by atoms with van der Waals surface area (Å²) in [5.41, 5.74) is 9.17. The van der Waals surface area contributed by atoms with Crippen molar-refractivity contribution in [3.8, 4) is 0 Å². The summed E-state index contributed by atoms with van der Waals surface area (Å²) in [6.07, 6.45) is 0.477. The number of amides is 1. The quantitative estimate of drug-likeness (QED) is 0.642. The fourth-order valence-corrected chi connectivity index (χ4v) is 2.29. The standard InChI is InChI=1S/C13H29N5O/c1-4-17(5-2)13(19)10-12(11-14)15-18-8-6-16(3)7-9-18/h12,15H,4-11,14H2,1-3H3. The molecule has 19 heavy (non-hydrogen) atoms. The van der Waals surface area contributed by atoms with Crippen LogP contribution in [0.25, 0.3) is 0 Å². The second-order valence-corrected chi connectivity index (χ2v) is 5.12. The molecule has 1 rings (SSSR count). The highest BCUT2D eigenvalue weighted by Gasteiger charge is 2.20. The van der Waals surface area contributed by atoms with Gasteiger partial charge in [0.2, 0.25) is 5.91 Å². The topological polar surface area (TPSA) is 64.8 Å². The smallest absolute Gasteiger partial charge is 0.224 e. The lowest BCUT2D eigenvalue weighted by Gasteiger charge is -2.35. The predicted molar refractivity (Wildman–Crippen MR) is 77.6 cm³/mol. The molecule has 1 amide bonds. The molecule has 1 atom stereocenters. The van der Waals surface area contributed by atoms with Crippen LogP contribution in [-0.4, -0.2) is 79.6 Å². The number of hydrogen-bond donors (Lipinski definition) is 2. The van der Waals surface area contributed by atoms with E-state index in [1.54, 1.807) is 0 Å². The zero-order chi connectivity index (χ0) is 14.3. The maximum atomic E-state index is 12.1. The Balaban J connectivity index is 2.38. The van der Waals surface area contributed by atoms with Crippen molar-refractivity contribution in [3.05, 3.63) is 0 Å². The number of likely N-dealkylation sites (N-methyl/N-ethyl adjacent to an activating group) is 1. The summed E-state index contributed by atoms with van der Waals surface area (Å²) in [7, 11) is 2.13. The van der Waals surface area contributed by atoms with Gasteiger partial charge in [0.15, 0.2) is 0 Å². The molecule has 1 heterocycles. The minimum atomic E-state index is 0.0384. The summed E-state index contributed by atoms with van der Waals surface area (Å²) in [4.78, 5) is 16.2. The molecule has 3 N–H and O–H groups in total. The van der Waals surface area contributed by atoms with Crippen molar-refractivity contribution in [2.75, 3.05) is 52.9 Å². The molecule has 0 radical (unpaired) electrons. The molecule has 1 saturated heterocycles. The number of nitrogens with one attached hydrogen (secondary N) is 1. The first-order valence-electron chi connectivity index (χ1n) is 7.28. The highest BCUT2D eigenvalue weighted by atomic mass is 16.2. The number of rotatable bonds is 7. The van der Waals surface area contributed by atoms with Gasteiger partial charge in [0, 0.05) is 58.3 Å². The number of nitrogens with zero attached hydrogens (tertiary/aromatic N) is 3. The van der Waals surface area contributed by atoms with Gasteiger partial charge in [-0.05, 0) is 20.9 Å². The fraction of sp³-hybridized carbons (Fsp3) is 0.923. The molecule has 1 aliphatic heterocycles. The Bertz CT molecular complexity index is 262. The third kappa shape index (κ3) is 5.44. The minimum Gasteiger partial charge on any atom is -0.343 e. The number of carbonyl (C=O) groups excluding carboxylic acids is 1. The fourth-order valence-electron chi connectivity index (χ4n) is 2.29. The second-order valence-electron chi connectivity index (χ2n) is 5.12. The van der Waals surface area contributed by atoms with E-state index in [4.69, 9.17) is 5.73 Å². The average molecular weight is 271 g/mol.